The Hall–Kier alpha value is -1.06. The van der Waals surface area contributed by atoms with Crippen LogP contribution in [0.25, 0.3) is 0 Å². The highest BCUT2D eigenvalue weighted by Crippen LogP contribution is 2.26. The molecule has 0 spiro atoms. The van der Waals surface area contributed by atoms with Crippen LogP contribution in [0.15, 0.2) is 24.3 Å². The molecule has 1 aromatic rings. The van der Waals surface area contributed by atoms with Crippen molar-refractivity contribution in [2.75, 3.05) is 14.2 Å². The fourth-order valence-corrected chi connectivity index (χ4v) is 2.25. The highest BCUT2D eigenvalue weighted by atomic mass is 16.5. The SMILES string of the molecule is COc1cccc(C(C)NC2CC(OC)C2)c1. The molecule has 0 aromatic heterocycles. The van der Waals surface area contributed by atoms with Gasteiger partial charge in [-0.15, -0.1) is 0 Å². The minimum Gasteiger partial charge on any atom is -0.497 e. The van der Waals surface area contributed by atoms with Crippen LogP contribution >= 0.6 is 0 Å². The van der Waals surface area contributed by atoms with E-state index < -0.39 is 0 Å². The predicted octanol–water partition coefficient (Wildman–Crippen LogP) is 2.52. The van der Waals surface area contributed by atoms with E-state index in [9.17, 15) is 0 Å². The summed E-state index contributed by atoms with van der Waals surface area (Å²) in [5.41, 5.74) is 1.27. The van der Waals surface area contributed by atoms with Gasteiger partial charge in [0.1, 0.15) is 5.75 Å². The summed E-state index contributed by atoms with van der Waals surface area (Å²) in [5.74, 6) is 0.916. The molecule has 2 rings (SSSR count). The Morgan fingerprint density at radius 2 is 2.06 bits per heavy atom. The Morgan fingerprint density at radius 1 is 1.29 bits per heavy atom. The van der Waals surface area contributed by atoms with E-state index in [1.807, 2.05) is 12.1 Å². The zero-order chi connectivity index (χ0) is 12.3. The first kappa shape index (κ1) is 12.4. The summed E-state index contributed by atoms with van der Waals surface area (Å²) in [7, 11) is 3.48. The number of ether oxygens (including phenoxy) is 2. The van der Waals surface area contributed by atoms with Gasteiger partial charge in [-0.1, -0.05) is 12.1 Å². The summed E-state index contributed by atoms with van der Waals surface area (Å²) in [5, 5.41) is 3.61. The van der Waals surface area contributed by atoms with Crippen molar-refractivity contribution in [3.63, 3.8) is 0 Å². The fraction of sp³-hybridized carbons (Fsp3) is 0.571. The van der Waals surface area contributed by atoms with E-state index in [-0.39, 0.29) is 0 Å². The molecule has 0 saturated heterocycles. The summed E-state index contributed by atoms with van der Waals surface area (Å²) in [6.07, 6.45) is 2.68. The second-order valence-electron chi connectivity index (χ2n) is 4.69. The zero-order valence-corrected chi connectivity index (χ0v) is 10.8. The maximum atomic E-state index is 5.28. The quantitative estimate of drug-likeness (QED) is 0.850. The highest BCUT2D eigenvalue weighted by molar-refractivity contribution is 5.30. The number of hydrogen-bond donors (Lipinski definition) is 1. The molecule has 1 aliphatic rings. The van der Waals surface area contributed by atoms with Gasteiger partial charge >= 0.3 is 0 Å². The van der Waals surface area contributed by atoms with Gasteiger partial charge in [-0.3, -0.25) is 0 Å². The van der Waals surface area contributed by atoms with E-state index in [0.717, 1.165) is 18.6 Å². The number of hydrogen-bond acceptors (Lipinski definition) is 3. The zero-order valence-electron chi connectivity index (χ0n) is 10.8. The average molecular weight is 235 g/mol. The van der Waals surface area contributed by atoms with Crippen molar-refractivity contribution in [1.82, 2.24) is 5.32 Å². The monoisotopic (exact) mass is 235 g/mol. The van der Waals surface area contributed by atoms with Crippen LogP contribution in [-0.2, 0) is 4.74 Å². The first-order valence-electron chi connectivity index (χ1n) is 6.15. The lowest BCUT2D eigenvalue weighted by Crippen LogP contribution is -2.45. The Bertz CT molecular complexity index is 361. The standard InChI is InChI=1S/C14H21NO2/c1-10(15-12-8-14(9-12)17-3)11-5-4-6-13(7-11)16-2/h4-7,10,12,14-15H,8-9H2,1-3H3. The summed E-state index contributed by atoms with van der Waals surface area (Å²) in [6, 6.07) is 9.16. The van der Waals surface area contributed by atoms with Crippen molar-refractivity contribution in [3.05, 3.63) is 29.8 Å². The molecule has 0 bridgehead atoms. The lowest BCUT2D eigenvalue weighted by Gasteiger charge is -2.36. The van der Waals surface area contributed by atoms with E-state index >= 15 is 0 Å². The van der Waals surface area contributed by atoms with Crippen molar-refractivity contribution >= 4 is 0 Å². The third-order valence-electron chi connectivity index (χ3n) is 3.51. The molecular formula is C14H21NO2. The minimum absolute atomic E-state index is 0.355. The van der Waals surface area contributed by atoms with Crippen molar-refractivity contribution < 1.29 is 9.47 Å². The highest BCUT2D eigenvalue weighted by Gasteiger charge is 2.29. The molecule has 1 atom stereocenters. The van der Waals surface area contributed by atoms with E-state index in [0.29, 0.717) is 18.2 Å². The lowest BCUT2D eigenvalue weighted by molar-refractivity contribution is 0.0147. The van der Waals surface area contributed by atoms with Crippen molar-refractivity contribution in [2.45, 2.75) is 38.0 Å². The van der Waals surface area contributed by atoms with Gasteiger partial charge in [-0.05, 0) is 37.5 Å². The number of methoxy groups -OCH3 is 2. The summed E-state index contributed by atoms with van der Waals surface area (Å²) in [4.78, 5) is 0. The van der Waals surface area contributed by atoms with Crippen molar-refractivity contribution in [2.24, 2.45) is 0 Å². The van der Waals surface area contributed by atoms with Crippen LogP contribution in [0.3, 0.4) is 0 Å². The van der Waals surface area contributed by atoms with Crippen LogP contribution in [0, 0.1) is 0 Å². The molecule has 1 fully saturated rings. The number of rotatable bonds is 5. The Morgan fingerprint density at radius 3 is 2.71 bits per heavy atom. The Balaban J connectivity index is 1.89. The van der Waals surface area contributed by atoms with Gasteiger partial charge in [0.25, 0.3) is 0 Å². The van der Waals surface area contributed by atoms with E-state index in [1.165, 1.54) is 5.56 Å². The molecule has 1 saturated carbocycles. The molecular weight excluding hydrogens is 214 g/mol. The Kier molecular flexibility index (Phi) is 4.02. The Labute approximate surface area is 103 Å². The number of nitrogens with one attached hydrogen (secondary N) is 1. The van der Waals surface area contributed by atoms with E-state index in [4.69, 9.17) is 9.47 Å². The third-order valence-corrected chi connectivity index (χ3v) is 3.51. The van der Waals surface area contributed by atoms with Gasteiger partial charge in [-0.2, -0.15) is 0 Å². The van der Waals surface area contributed by atoms with Crippen LogP contribution in [-0.4, -0.2) is 26.4 Å². The summed E-state index contributed by atoms with van der Waals surface area (Å²) < 4.78 is 10.5. The van der Waals surface area contributed by atoms with Crippen molar-refractivity contribution in [1.29, 1.82) is 0 Å². The van der Waals surface area contributed by atoms with E-state index in [1.54, 1.807) is 14.2 Å². The van der Waals surface area contributed by atoms with Gasteiger partial charge in [0.2, 0.25) is 0 Å². The van der Waals surface area contributed by atoms with Crippen molar-refractivity contribution in [3.8, 4) is 5.75 Å². The molecule has 0 amide bonds. The molecule has 0 radical (unpaired) electrons. The normalized spacial score (nSPS) is 25.1. The molecule has 1 unspecified atom stereocenters. The molecule has 1 aromatic carbocycles. The third kappa shape index (κ3) is 2.99. The molecule has 3 heteroatoms. The predicted molar refractivity (Wildman–Crippen MR) is 68.4 cm³/mol. The number of benzene rings is 1. The van der Waals surface area contributed by atoms with Gasteiger partial charge in [0, 0.05) is 19.2 Å². The molecule has 0 aliphatic heterocycles. The molecule has 94 valence electrons. The topological polar surface area (TPSA) is 30.5 Å². The fourth-order valence-electron chi connectivity index (χ4n) is 2.25. The van der Waals surface area contributed by atoms with Crippen LogP contribution in [0.5, 0.6) is 5.75 Å². The smallest absolute Gasteiger partial charge is 0.119 e. The maximum absolute atomic E-state index is 5.28. The van der Waals surface area contributed by atoms with Gasteiger partial charge in [0.15, 0.2) is 0 Å². The first-order chi connectivity index (χ1) is 8.22. The molecule has 17 heavy (non-hydrogen) atoms. The first-order valence-corrected chi connectivity index (χ1v) is 6.15. The van der Waals surface area contributed by atoms with Gasteiger partial charge in [-0.25, -0.2) is 0 Å². The average Bonchev–Trinajstić information content (AvgIpc) is 2.33. The van der Waals surface area contributed by atoms with Gasteiger partial charge < -0.3 is 14.8 Å². The largest absolute Gasteiger partial charge is 0.497 e. The maximum Gasteiger partial charge on any atom is 0.119 e. The van der Waals surface area contributed by atoms with Crippen LogP contribution < -0.4 is 10.1 Å². The van der Waals surface area contributed by atoms with Crippen LogP contribution in [0.1, 0.15) is 31.4 Å². The second-order valence-corrected chi connectivity index (χ2v) is 4.69. The summed E-state index contributed by atoms with van der Waals surface area (Å²) >= 11 is 0. The molecule has 1 aliphatic carbocycles. The molecule has 3 nitrogen and oxygen atoms in total. The van der Waals surface area contributed by atoms with Crippen LogP contribution in [0.4, 0.5) is 0 Å². The van der Waals surface area contributed by atoms with Gasteiger partial charge in [0.05, 0.1) is 13.2 Å². The summed E-state index contributed by atoms with van der Waals surface area (Å²) in [6.45, 7) is 2.19. The minimum atomic E-state index is 0.355. The molecule has 0 heterocycles. The van der Waals surface area contributed by atoms with Crippen LogP contribution in [0.2, 0.25) is 0 Å². The van der Waals surface area contributed by atoms with E-state index in [2.05, 4.69) is 24.4 Å². The lowest BCUT2D eigenvalue weighted by atomic mass is 9.88. The second kappa shape index (κ2) is 5.52. The molecule has 1 N–H and O–H groups in total.